The summed E-state index contributed by atoms with van der Waals surface area (Å²) < 4.78 is 5.06. The number of aryl methyl sites for hydroxylation is 2. The van der Waals surface area contributed by atoms with Crippen molar-refractivity contribution < 1.29 is 9.32 Å². The fourth-order valence-corrected chi connectivity index (χ4v) is 1.72. The van der Waals surface area contributed by atoms with Crippen molar-refractivity contribution >= 4 is 5.91 Å². The molecule has 1 unspecified atom stereocenters. The number of rotatable bonds is 4. The number of nitrogens with zero attached hydrogens (tertiary/aromatic N) is 1. The Hall–Kier alpha value is -1.32. The number of carbonyl (C=O) groups is 1. The Morgan fingerprint density at radius 1 is 1.53 bits per heavy atom. The molecule has 0 radical (unpaired) electrons. The Kier molecular flexibility index (Phi) is 3.88. The van der Waals surface area contributed by atoms with Crippen molar-refractivity contribution in [3.8, 4) is 0 Å². The molecule has 4 nitrogen and oxygen atoms in total. The molecule has 1 rings (SSSR count). The van der Waals surface area contributed by atoms with E-state index in [0.717, 1.165) is 23.4 Å². The van der Waals surface area contributed by atoms with Crippen molar-refractivity contribution in [3.05, 3.63) is 17.0 Å². The highest BCUT2D eigenvalue weighted by Crippen LogP contribution is 2.20. The monoisotopic (exact) mass is 210 g/mol. The number of nitrogens with one attached hydrogen (secondary N) is 1. The summed E-state index contributed by atoms with van der Waals surface area (Å²) in [7, 11) is 0. The minimum absolute atomic E-state index is 0.0321. The summed E-state index contributed by atoms with van der Waals surface area (Å²) in [4.78, 5) is 11.4. The maximum absolute atomic E-state index is 11.4. The summed E-state index contributed by atoms with van der Waals surface area (Å²) in [5, 5.41) is 6.79. The lowest BCUT2D eigenvalue weighted by molar-refractivity contribution is -0.121. The largest absolute Gasteiger partial charge is 0.361 e. The molecule has 1 N–H and O–H groups in total. The standard InChI is InChI=1S/C11H18N2O2/c1-5-6-10(14)12-7(2)11-8(3)13-15-9(11)4/h7H,5-6H2,1-4H3,(H,12,14). The summed E-state index contributed by atoms with van der Waals surface area (Å²) in [6, 6.07) is -0.0321. The zero-order valence-corrected chi connectivity index (χ0v) is 9.76. The van der Waals surface area contributed by atoms with Crippen molar-refractivity contribution in [2.45, 2.75) is 46.6 Å². The van der Waals surface area contributed by atoms with E-state index in [1.807, 2.05) is 27.7 Å². The van der Waals surface area contributed by atoms with Crippen LogP contribution in [-0.2, 0) is 4.79 Å². The normalized spacial score (nSPS) is 12.5. The van der Waals surface area contributed by atoms with Gasteiger partial charge in [-0.1, -0.05) is 12.1 Å². The van der Waals surface area contributed by atoms with Crippen LogP contribution in [0.25, 0.3) is 0 Å². The van der Waals surface area contributed by atoms with Gasteiger partial charge in [0.05, 0.1) is 11.7 Å². The first-order chi connectivity index (χ1) is 7.06. The molecule has 0 fully saturated rings. The van der Waals surface area contributed by atoms with Gasteiger partial charge in [0.2, 0.25) is 5.91 Å². The molecule has 0 aromatic carbocycles. The number of hydrogen-bond donors (Lipinski definition) is 1. The van der Waals surface area contributed by atoms with E-state index in [9.17, 15) is 4.79 Å². The number of amides is 1. The van der Waals surface area contributed by atoms with Crippen molar-refractivity contribution in [1.82, 2.24) is 10.5 Å². The summed E-state index contributed by atoms with van der Waals surface area (Å²) in [5.74, 6) is 0.849. The van der Waals surface area contributed by atoms with Gasteiger partial charge in [0.15, 0.2) is 0 Å². The molecule has 1 aromatic rings. The van der Waals surface area contributed by atoms with Crippen molar-refractivity contribution in [3.63, 3.8) is 0 Å². The molecule has 0 aliphatic heterocycles. The van der Waals surface area contributed by atoms with E-state index in [-0.39, 0.29) is 11.9 Å². The van der Waals surface area contributed by atoms with E-state index in [1.54, 1.807) is 0 Å². The van der Waals surface area contributed by atoms with Crippen LogP contribution in [0.2, 0.25) is 0 Å². The second kappa shape index (κ2) is 4.96. The summed E-state index contributed by atoms with van der Waals surface area (Å²) in [6.45, 7) is 7.67. The summed E-state index contributed by atoms with van der Waals surface area (Å²) >= 11 is 0. The molecule has 1 heterocycles. The van der Waals surface area contributed by atoms with Crippen LogP contribution in [0, 0.1) is 13.8 Å². The Morgan fingerprint density at radius 3 is 2.67 bits per heavy atom. The fraction of sp³-hybridized carbons (Fsp3) is 0.636. The van der Waals surface area contributed by atoms with Crippen LogP contribution in [-0.4, -0.2) is 11.1 Å². The maximum Gasteiger partial charge on any atom is 0.220 e. The molecule has 1 atom stereocenters. The molecule has 0 aliphatic rings. The molecule has 4 heteroatoms. The van der Waals surface area contributed by atoms with Gasteiger partial charge in [-0.2, -0.15) is 0 Å². The van der Waals surface area contributed by atoms with Crippen LogP contribution < -0.4 is 5.32 Å². The van der Waals surface area contributed by atoms with Crippen molar-refractivity contribution in [2.24, 2.45) is 0 Å². The second-order valence-electron chi connectivity index (χ2n) is 3.78. The van der Waals surface area contributed by atoms with Crippen molar-refractivity contribution in [1.29, 1.82) is 0 Å². The molecule has 0 saturated carbocycles. The molecular weight excluding hydrogens is 192 g/mol. The number of carbonyl (C=O) groups excluding carboxylic acids is 1. The Morgan fingerprint density at radius 2 is 2.20 bits per heavy atom. The van der Waals surface area contributed by atoms with E-state index >= 15 is 0 Å². The number of hydrogen-bond acceptors (Lipinski definition) is 3. The maximum atomic E-state index is 11.4. The van der Waals surface area contributed by atoms with Crippen LogP contribution in [0.4, 0.5) is 0 Å². The molecule has 1 amide bonds. The minimum Gasteiger partial charge on any atom is -0.361 e. The lowest BCUT2D eigenvalue weighted by atomic mass is 10.1. The first-order valence-corrected chi connectivity index (χ1v) is 5.28. The quantitative estimate of drug-likeness (QED) is 0.829. The molecule has 84 valence electrons. The van der Waals surface area contributed by atoms with Gasteiger partial charge in [0, 0.05) is 12.0 Å². The van der Waals surface area contributed by atoms with Gasteiger partial charge in [-0.25, -0.2) is 0 Å². The lowest BCUT2D eigenvalue weighted by Gasteiger charge is -2.13. The first kappa shape index (κ1) is 11.8. The molecule has 0 saturated heterocycles. The van der Waals surface area contributed by atoms with E-state index in [4.69, 9.17) is 4.52 Å². The minimum atomic E-state index is -0.0321. The highest BCUT2D eigenvalue weighted by atomic mass is 16.5. The van der Waals surface area contributed by atoms with Crippen LogP contribution in [0.15, 0.2) is 4.52 Å². The predicted octanol–water partition coefficient (Wildman–Crippen LogP) is 2.27. The highest BCUT2D eigenvalue weighted by Gasteiger charge is 2.17. The Labute approximate surface area is 90.0 Å². The van der Waals surface area contributed by atoms with E-state index in [2.05, 4.69) is 10.5 Å². The van der Waals surface area contributed by atoms with Crippen LogP contribution in [0.5, 0.6) is 0 Å². The SMILES string of the molecule is CCCC(=O)NC(C)c1c(C)noc1C. The van der Waals surface area contributed by atoms with E-state index < -0.39 is 0 Å². The van der Waals surface area contributed by atoms with Crippen molar-refractivity contribution in [2.75, 3.05) is 0 Å². The third-order valence-corrected chi connectivity index (χ3v) is 2.38. The van der Waals surface area contributed by atoms with E-state index in [1.165, 1.54) is 0 Å². The van der Waals surface area contributed by atoms with E-state index in [0.29, 0.717) is 6.42 Å². The van der Waals surface area contributed by atoms with Gasteiger partial charge in [0.1, 0.15) is 5.76 Å². The van der Waals surface area contributed by atoms with Crippen LogP contribution >= 0.6 is 0 Å². The average Bonchev–Trinajstić information content (AvgIpc) is 2.46. The Bertz CT molecular complexity index is 325. The van der Waals surface area contributed by atoms with Gasteiger partial charge in [0.25, 0.3) is 0 Å². The van der Waals surface area contributed by atoms with Gasteiger partial charge >= 0.3 is 0 Å². The topological polar surface area (TPSA) is 55.1 Å². The van der Waals surface area contributed by atoms with Gasteiger partial charge in [-0.3, -0.25) is 4.79 Å². The molecule has 1 aromatic heterocycles. The average molecular weight is 210 g/mol. The lowest BCUT2D eigenvalue weighted by Crippen LogP contribution is -2.26. The zero-order chi connectivity index (χ0) is 11.4. The van der Waals surface area contributed by atoms with Crippen LogP contribution in [0.3, 0.4) is 0 Å². The van der Waals surface area contributed by atoms with Gasteiger partial charge < -0.3 is 9.84 Å². The van der Waals surface area contributed by atoms with Crippen LogP contribution in [0.1, 0.15) is 49.7 Å². The summed E-state index contributed by atoms with van der Waals surface area (Å²) in [6.07, 6.45) is 1.42. The number of aromatic nitrogens is 1. The third-order valence-electron chi connectivity index (χ3n) is 2.38. The van der Waals surface area contributed by atoms with Gasteiger partial charge in [-0.05, 0) is 27.2 Å². The smallest absolute Gasteiger partial charge is 0.220 e. The fourth-order valence-electron chi connectivity index (χ4n) is 1.72. The zero-order valence-electron chi connectivity index (χ0n) is 9.76. The summed E-state index contributed by atoms with van der Waals surface area (Å²) in [5.41, 5.74) is 1.83. The Balaban J connectivity index is 2.68. The second-order valence-corrected chi connectivity index (χ2v) is 3.78. The molecule has 0 spiro atoms. The first-order valence-electron chi connectivity index (χ1n) is 5.28. The molecule has 0 aliphatic carbocycles. The predicted molar refractivity (Wildman–Crippen MR) is 57.4 cm³/mol. The molecule has 0 bridgehead atoms. The highest BCUT2D eigenvalue weighted by molar-refractivity contribution is 5.76. The third kappa shape index (κ3) is 2.81. The molecule has 15 heavy (non-hydrogen) atoms. The molecular formula is C11H18N2O2. The van der Waals surface area contributed by atoms with Gasteiger partial charge in [-0.15, -0.1) is 0 Å².